The molecule has 0 spiro atoms. The van der Waals surface area contributed by atoms with E-state index in [1.807, 2.05) is 61.5 Å². The third-order valence-electron chi connectivity index (χ3n) is 6.88. The normalized spacial score (nSPS) is 11.9. The van der Waals surface area contributed by atoms with Crippen LogP contribution in [0.3, 0.4) is 0 Å². The molecule has 0 unspecified atom stereocenters. The van der Waals surface area contributed by atoms with Crippen molar-refractivity contribution >= 4 is 50.7 Å². The van der Waals surface area contributed by atoms with Crippen LogP contribution >= 0.6 is 23.2 Å². The van der Waals surface area contributed by atoms with E-state index in [1.165, 1.54) is 35.2 Å². The standard InChI is InChI=1S/C33H33Cl2N3O4S/c1-3-36-33(40)31(20-25-10-6-4-7-11-25)37(22-26-16-14-24(2)15-17-26)32(39)23-38(30-21-27(34)18-19-29(30)35)43(41,42)28-12-8-5-9-13-28/h4-19,21,31H,3,20,22-23H2,1-2H3,(H,36,40)/t31-/m1/s1. The number of likely N-dealkylation sites (N-methyl/N-ethyl adjacent to an activating group) is 1. The lowest BCUT2D eigenvalue weighted by Gasteiger charge is -2.34. The summed E-state index contributed by atoms with van der Waals surface area (Å²) in [5.41, 5.74) is 2.74. The largest absolute Gasteiger partial charge is 0.355 e. The zero-order valence-electron chi connectivity index (χ0n) is 23.9. The first kappa shape index (κ1) is 32.1. The van der Waals surface area contributed by atoms with Gasteiger partial charge in [0.25, 0.3) is 10.0 Å². The molecule has 43 heavy (non-hydrogen) atoms. The van der Waals surface area contributed by atoms with Crippen molar-refractivity contribution in [1.82, 2.24) is 10.2 Å². The minimum Gasteiger partial charge on any atom is -0.355 e. The van der Waals surface area contributed by atoms with Gasteiger partial charge in [-0.25, -0.2) is 8.42 Å². The number of nitrogens with one attached hydrogen (secondary N) is 1. The first-order valence-corrected chi connectivity index (χ1v) is 16.0. The van der Waals surface area contributed by atoms with Crippen molar-refractivity contribution in [3.05, 3.63) is 130 Å². The molecule has 2 amide bonds. The molecule has 0 saturated carbocycles. The second-order valence-corrected chi connectivity index (χ2v) is 12.7. The number of amides is 2. The predicted octanol–water partition coefficient (Wildman–Crippen LogP) is 6.27. The number of hydrogen-bond donors (Lipinski definition) is 1. The van der Waals surface area contributed by atoms with Gasteiger partial charge in [0.15, 0.2) is 0 Å². The van der Waals surface area contributed by atoms with Crippen LogP contribution in [0.25, 0.3) is 0 Å². The molecule has 4 aromatic carbocycles. The van der Waals surface area contributed by atoms with Crippen molar-refractivity contribution in [2.24, 2.45) is 0 Å². The second kappa shape index (κ2) is 14.6. The molecule has 0 radical (unpaired) electrons. The topological polar surface area (TPSA) is 86.8 Å². The summed E-state index contributed by atoms with van der Waals surface area (Å²) in [5, 5.41) is 3.20. The minimum atomic E-state index is -4.27. The molecule has 0 fully saturated rings. The van der Waals surface area contributed by atoms with Crippen LogP contribution < -0.4 is 9.62 Å². The highest BCUT2D eigenvalue weighted by molar-refractivity contribution is 7.92. The van der Waals surface area contributed by atoms with Gasteiger partial charge in [0, 0.05) is 24.5 Å². The Morgan fingerprint density at radius 1 is 0.837 bits per heavy atom. The summed E-state index contributed by atoms with van der Waals surface area (Å²) in [7, 11) is -4.27. The highest BCUT2D eigenvalue weighted by Crippen LogP contribution is 2.33. The maximum absolute atomic E-state index is 14.4. The number of sulfonamides is 1. The average Bonchev–Trinajstić information content (AvgIpc) is 3.01. The van der Waals surface area contributed by atoms with Gasteiger partial charge in [0.05, 0.1) is 15.6 Å². The summed E-state index contributed by atoms with van der Waals surface area (Å²) in [6, 6.07) is 28.3. The maximum atomic E-state index is 14.4. The first-order valence-electron chi connectivity index (χ1n) is 13.8. The lowest BCUT2D eigenvalue weighted by molar-refractivity contribution is -0.140. The number of halogens is 2. The van der Waals surface area contributed by atoms with Crippen molar-refractivity contribution in [1.29, 1.82) is 0 Å². The minimum absolute atomic E-state index is 0.0199. The van der Waals surface area contributed by atoms with E-state index in [-0.39, 0.29) is 39.5 Å². The molecule has 0 aliphatic carbocycles. The third-order valence-corrected chi connectivity index (χ3v) is 9.21. The molecule has 0 aromatic heterocycles. The van der Waals surface area contributed by atoms with Crippen LogP contribution in [-0.2, 0) is 32.6 Å². The fraction of sp³-hybridized carbons (Fsp3) is 0.212. The van der Waals surface area contributed by atoms with Crippen molar-refractivity contribution in [3.8, 4) is 0 Å². The predicted molar refractivity (Wildman–Crippen MR) is 172 cm³/mol. The number of aryl methyl sites for hydroxylation is 1. The first-order chi connectivity index (χ1) is 20.6. The van der Waals surface area contributed by atoms with Gasteiger partial charge in [-0.2, -0.15) is 0 Å². The molecular weight excluding hydrogens is 605 g/mol. The second-order valence-electron chi connectivity index (χ2n) is 10.0. The van der Waals surface area contributed by atoms with Crippen LogP contribution in [0.1, 0.15) is 23.6 Å². The molecule has 7 nitrogen and oxygen atoms in total. The van der Waals surface area contributed by atoms with Gasteiger partial charge in [0.1, 0.15) is 12.6 Å². The summed E-state index contributed by atoms with van der Waals surface area (Å²) >= 11 is 12.8. The van der Waals surface area contributed by atoms with Gasteiger partial charge in [-0.15, -0.1) is 0 Å². The molecular formula is C33H33Cl2N3O4S. The molecule has 0 bridgehead atoms. The van der Waals surface area contributed by atoms with Gasteiger partial charge in [-0.1, -0.05) is 102 Å². The lowest BCUT2D eigenvalue weighted by atomic mass is 10.0. The number of hydrogen-bond acceptors (Lipinski definition) is 4. The molecule has 0 aliphatic heterocycles. The van der Waals surface area contributed by atoms with E-state index < -0.39 is 28.5 Å². The molecule has 0 aliphatic rings. The summed E-state index contributed by atoms with van der Waals surface area (Å²) in [6.45, 7) is 3.59. The van der Waals surface area contributed by atoms with Gasteiger partial charge in [-0.3, -0.25) is 13.9 Å². The Labute approximate surface area is 263 Å². The van der Waals surface area contributed by atoms with Gasteiger partial charge in [-0.05, 0) is 55.3 Å². The number of anilines is 1. The van der Waals surface area contributed by atoms with Crippen LogP contribution in [0.4, 0.5) is 5.69 Å². The van der Waals surface area contributed by atoms with E-state index >= 15 is 0 Å². The highest BCUT2D eigenvalue weighted by Gasteiger charge is 2.35. The van der Waals surface area contributed by atoms with Crippen LogP contribution in [0.2, 0.25) is 10.0 Å². The van der Waals surface area contributed by atoms with Crippen LogP contribution in [0.15, 0.2) is 108 Å². The Hall–Kier alpha value is -3.85. The molecule has 1 atom stereocenters. The Morgan fingerprint density at radius 3 is 2.09 bits per heavy atom. The van der Waals surface area contributed by atoms with Crippen molar-refractivity contribution in [2.75, 3.05) is 17.4 Å². The SMILES string of the molecule is CCNC(=O)[C@@H](Cc1ccccc1)N(Cc1ccc(C)cc1)C(=O)CN(c1cc(Cl)ccc1Cl)S(=O)(=O)c1ccccc1. The summed E-state index contributed by atoms with van der Waals surface area (Å²) in [6.07, 6.45) is 0.230. The van der Waals surface area contributed by atoms with Gasteiger partial charge >= 0.3 is 0 Å². The Balaban J connectivity index is 1.81. The molecule has 0 heterocycles. The van der Waals surface area contributed by atoms with Crippen LogP contribution in [-0.4, -0.2) is 44.3 Å². The van der Waals surface area contributed by atoms with E-state index in [9.17, 15) is 18.0 Å². The third kappa shape index (κ3) is 8.16. The van der Waals surface area contributed by atoms with Crippen molar-refractivity contribution in [2.45, 2.75) is 37.8 Å². The number of benzene rings is 4. The van der Waals surface area contributed by atoms with E-state index in [1.54, 1.807) is 25.1 Å². The molecule has 1 N–H and O–H groups in total. The summed E-state index contributed by atoms with van der Waals surface area (Å²) in [4.78, 5) is 29.3. The van der Waals surface area contributed by atoms with E-state index in [4.69, 9.17) is 23.2 Å². The van der Waals surface area contributed by atoms with E-state index in [2.05, 4.69) is 5.32 Å². The van der Waals surface area contributed by atoms with Crippen molar-refractivity contribution in [3.63, 3.8) is 0 Å². The van der Waals surface area contributed by atoms with E-state index in [0.717, 1.165) is 21.0 Å². The average molecular weight is 639 g/mol. The zero-order valence-corrected chi connectivity index (χ0v) is 26.2. The highest BCUT2D eigenvalue weighted by atomic mass is 35.5. The maximum Gasteiger partial charge on any atom is 0.264 e. The number of carbonyl (C=O) groups is 2. The van der Waals surface area contributed by atoms with E-state index in [0.29, 0.717) is 6.54 Å². The van der Waals surface area contributed by atoms with Crippen molar-refractivity contribution < 1.29 is 18.0 Å². The monoisotopic (exact) mass is 637 g/mol. The number of nitrogens with zero attached hydrogens (tertiary/aromatic N) is 2. The van der Waals surface area contributed by atoms with Crippen LogP contribution in [0.5, 0.6) is 0 Å². The molecule has 4 rings (SSSR count). The Kier molecular flexibility index (Phi) is 10.9. The summed E-state index contributed by atoms with van der Waals surface area (Å²) < 4.78 is 29.0. The smallest absolute Gasteiger partial charge is 0.264 e. The quantitative estimate of drug-likeness (QED) is 0.198. The lowest BCUT2D eigenvalue weighted by Crippen LogP contribution is -2.53. The number of rotatable bonds is 12. The Bertz CT molecular complexity index is 1650. The summed E-state index contributed by atoms with van der Waals surface area (Å²) in [5.74, 6) is -0.923. The fourth-order valence-corrected chi connectivity index (χ4v) is 6.53. The zero-order chi connectivity index (χ0) is 31.0. The molecule has 0 saturated heterocycles. The molecule has 224 valence electrons. The van der Waals surface area contributed by atoms with Gasteiger partial charge in [0.2, 0.25) is 11.8 Å². The van der Waals surface area contributed by atoms with Gasteiger partial charge < -0.3 is 10.2 Å². The number of carbonyl (C=O) groups excluding carboxylic acids is 2. The molecule has 10 heteroatoms. The fourth-order valence-electron chi connectivity index (χ4n) is 4.65. The van der Waals surface area contributed by atoms with Crippen LogP contribution in [0, 0.1) is 6.92 Å². The molecule has 4 aromatic rings. The Morgan fingerprint density at radius 2 is 1.47 bits per heavy atom.